The molecule has 1 aromatic rings. The number of benzene rings is 1. The number of fused-ring (bicyclic) bond motifs is 1. The van der Waals surface area contributed by atoms with E-state index in [4.69, 9.17) is 9.47 Å². The molecule has 0 saturated carbocycles. The predicted octanol–water partition coefficient (Wildman–Crippen LogP) is 1.82. The number of hydrogen-bond acceptors (Lipinski definition) is 6. The highest BCUT2D eigenvalue weighted by molar-refractivity contribution is 9.09. The van der Waals surface area contributed by atoms with E-state index in [1.54, 1.807) is 6.92 Å². The monoisotopic (exact) mass is 536 g/mol. The molecule has 1 spiro atoms. The van der Waals surface area contributed by atoms with Gasteiger partial charge < -0.3 is 24.8 Å². The minimum Gasteiger partial charge on any atom is -0.466 e. The Morgan fingerprint density at radius 1 is 1.32 bits per heavy atom. The van der Waals surface area contributed by atoms with Crippen molar-refractivity contribution in [2.45, 2.75) is 68.1 Å². The van der Waals surface area contributed by atoms with Crippen LogP contribution in [0, 0.1) is 11.8 Å². The highest BCUT2D eigenvalue weighted by Crippen LogP contribution is 2.60. The average Bonchev–Trinajstić information content (AvgIpc) is 3.42. The van der Waals surface area contributed by atoms with Crippen LogP contribution in [0.2, 0.25) is 0 Å². The van der Waals surface area contributed by atoms with Crippen LogP contribution in [0.4, 0.5) is 0 Å². The van der Waals surface area contributed by atoms with Gasteiger partial charge in [0.15, 0.2) is 0 Å². The van der Waals surface area contributed by atoms with Crippen molar-refractivity contribution >= 4 is 33.7 Å². The average molecular weight is 537 g/mol. The highest BCUT2D eigenvalue weighted by Gasteiger charge is 2.77. The zero-order valence-corrected chi connectivity index (χ0v) is 21.2. The van der Waals surface area contributed by atoms with Gasteiger partial charge in [0, 0.05) is 11.4 Å². The number of alkyl halides is 1. The second-order valence-electron chi connectivity index (χ2n) is 9.33. The summed E-state index contributed by atoms with van der Waals surface area (Å²) in [5, 5.41) is 13.3. The van der Waals surface area contributed by atoms with Gasteiger partial charge in [0.1, 0.15) is 11.6 Å². The Morgan fingerprint density at radius 2 is 2.06 bits per heavy atom. The van der Waals surface area contributed by atoms with Crippen LogP contribution in [-0.4, -0.2) is 76.2 Å². The first-order chi connectivity index (χ1) is 16.4. The molecular formula is C25H33BrN2O6. The molecule has 3 aliphatic heterocycles. The summed E-state index contributed by atoms with van der Waals surface area (Å²) < 4.78 is 11.7. The molecule has 1 aromatic carbocycles. The first-order valence-electron chi connectivity index (χ1n) is 12.1. The van der Waals surface area contributed by atoms with E-state index in [2.05, 4.69) is 21.2 Å². The third kappa shape index (κ3) is 4.16. The number of hydrogen-bond donors (Lipinski definition) is 2. The summed E-state index contributed by atoms with van der Waals surface area (Å²) in [6, 6.07) is 7.98. The van der Waals surface area contributed by atoms with Crippen molar-refractivity contribution in [3.05, 3.63) is 35.9 Å². The molecule has 34 heavy (non-hydrogen) atoms. The Morgan fingerprint density at radius 3 is 2.71 bits per heavy atom. The summed E-state index contributed by atoms with van der Waals surface area (Å²) >= 11 is 3.63. The molecule has 2 amide bonds. The molecule has 3 unspecified atom stereocenters. The normalized spacial score (nSPS) is 32.5. The number of ether oxygens (including phenoxy) is 2. The minimum absolute atomic E-state index is 0.182. The van der Waals surface area contributed by atoms with Gasteiger partial charge in [0.05, 0.1) is 37.2 Å². The van der Waals surface area contributed by atoms with E-state index < -0.39 is 41.6 Å². The SMILES string of the molecule is CCCCNC(=O)C1N([C@@H](CO)Cc2ccccc2)C(=O)[C@@H]2[C@@H](C(=O)OCC)[C@@H]3OC12CC3Br. The van der Waals surface area contributed by atoms with E-state index in [1.165, 1.54) is 4.90 Å². The van der Waals surface area contributed by atoms with Gasteiger partial charge in [0.25, 0.3) is 0 Å². The fraction of sp³-hybridized carbons (Fsp3) is 0.640. The van der Waals surface area contributed by atoms with Gasteiger partial charge in [-0.05, 0) is 31.7 Å². The number of aliphatic hydroxyl groups is 1. The molecule has 3 heterocycles. The van der Waals surface area contributed by atoms with Gasteiger partial charge in [0.2, 0.25) is 11.8 Å². The maximum absolute atomic E-state index is 14.0. The smallest absolute Gasteiger partial charge is 0.312 e. The molecule has 0 aromatic heterocycles. The molecule has 186 valence electrons. The molecule has 8 nitrogen and oxygen atoms in total. The highest BCUT2D eigenvalue weighted by atomic mass is 79.9. The summed E-state index contributed by atoms with van der Waals surface area (Å²) in [4.78, 5) is 41.8. The molecule has 7 atom stereocenters. The Bertz CT molecular complexity index is 914. The topological polar surface area (TPSA) is 105 Å². The lowest BCUT2D eigenvalue weighted by Crippen LogP contribution is -2.58. The standard InChI is InChI=1S/C25H33BrN2O6/c1-3-5-11-27-22(30)21-25-13-17(26)20(34-25)18(24(32)33-4-2)19(25)23(31)28(21)16(14-29)12-15-9-7-6-8-10-15/h6-10,16-21,29H,3-5,11-14H2,1-2H3,(H,27,30)/t16-,17?,18-,19+,20-,21?,25?/m1/s1. The van der Waals surface area contributed by atoms with Crippen LogP contribution in [0.5, 0.6) is 0 Å². The van der Waals surface area contributed by atoms with Crippen molar-refractivity contribution in [3.63, 3.8) is 0 Å². The number of carbonyl (C=O) groups excluding carboxylic acids is 3. The molecule has 2 bridgehead atoms. The second kappa shape index (κ2) is 10.3. The van der Waals surface area contributed by atoms with E-state index in [9.17, 15) is 19.5 Å². The number of nitrogens with one attached hydrogen (secondary N) is 1. The summed E-state index contributed by atoms with van der Waals surface area (Å²) in [7, 11) is 0. The minimum atomic E-state index is -1.15. The summed E-state index contributed by atoms with van der Waals surface area (Å²) in [5.74, 6) is -2.73. The predicted molar refractivity (Wildman–Crippen MR) is 128 cm³/mol. The van der Waals surface area contributed by atoms with E-state index in [1.807, 2.05) is 37.3 Å². The third-order valence-electron chi connectivity index (χ3n) is 7.28. The Labute approximate surface area is 208 Å². The van der Waals surface area contributed by atoms with Crippen LogP contribution >= 0.6 is 15.9 Å². The van der Waals surface area contributed by atoms with Crippen molar-refractivity contribution in [2.24, 2.45) is 11.8 Å². The molecule has 0 radical (unpaired) electrons. The van der Waals surface area contributed by atoms with Gasteiger partial charge >= 0.3 is 5.97 Å². The number of likely N-dealkylation sites (tertiary alicyclic amines) is 1. The lowest BCUT2D eigenvalue weighted by molar-refractivity contribution is -0.155. The number of aliphatic hydroxyl groups excluding tert-OH is 1. The van der Waals surface area contributed by atoms with Crippen LogP contribution in [0.1, 0.15) is 38.7 Å². The molecule has 2 N–H and O–H groups in total. The first-order valence-corrected chi connectivity index (χ1v) is 13.0. The molecule has 4 rings (SSSR count). The zero-order chi connectivity index (χ0) is 24.5. The van der Waals surface area contributed by atoms with Gasteiger partial charge in [-0.2, -0.15) is 0 Å². The van der Waals surface area contributed by atoms with Crippen LogP contribution < -0.4 is 5.32 Å². The van der Waals surface area contributed by atoms with E-state index in [-0.39, 0.29) is 29.9 Å². The van der Waals surface area contributed by atoms with Gasteiger partial charge in [-0.25, -0.2) is 0 Å². The van der Waals surface area contributed by atoms with Crippen molar-refractivity contribution in [1.29, 1.82) is 0 Å². The molecular weight excluding hydrogens is 504 g/mol. The maximum atomic E-state index is 14.0. The fourth-order valence-electron chi connectivity index (χ4n) is 5.89. The number of amides is 2. The Kier molecular flexibility index (Phi) is 7.64. The van der Waals surface area contributed by atoms with Crippen molar-refractivity contribution in [2.75, 3.05) is 19.8 Å². The van der Waals surface area contributed by atoms with Crippen LogP contribution in [0.25, 0.3) is 0 Å². The lowest BCUT2D eigenvalue weighted by Gasteiger charge is -2.37. The van der Waals surface area contributed by atoms with Gasteiger partial charge in [-0.1, -0.05) is 59.6 Å². The number of halogens is 1. The molecule has 3 saturated heterocycles. The number of unbranched alkanes of at least 4 members (excludes halogenated alkanes) is 1. The van der Waals surface area contributed by atoms with Crippen LogP contribution in [-0.2, 0) is 30.3 Å². The second-order valence-corrected chi connectivity index (χ2v) is 10.5. The van der Waals surface area contributed by atoms with E-state index in [0.29, 0.717) is 19.4 Å². The van der Waals surface area contributed by atoms with Crippen molar-refractivity contribution in [3.8, 4) is 0 Å². The van der Waals surface area contributed by atoms with Gasteiger partial charge in [-0.15, -0.1) is 0 Å². The molecule has 9 heteroatoms. The summed E-state index contributed by atoms with van der Waals surface area (Å²) in [6.45, 7) is 4.13. The summed E-state index contributed by atoms with van der Waals surface area (Å²) in [6.07, 6.45) is 2.00. The van der Waals surface area contributed by atoms with Crippen molar-refractivity contribution in [1.82, 2.24) is 10.2 Å². The van der Waals surface area contributed by atoms with E-state index >= 15 is 0 Å². The first kappa shape index (κ1) is 25.1. The zero-order valence-electron chi connectivity index (χ0n) is 19.6. The fourth-order valence-corrected chi connectivity index (χ4v) is 6.83. The Balaban J connectivity index is 1.73. The number of rotatable bonds is 10. The quantitative estimate of drug-likeness (QED) is 0.268. The lowest BCUT2D eigenvalue weighted by atomic mass is 9.70. The van der Waals surface area contributed by atoms with Crippen LogP contribution in [0.15, 0.2) is 30.3 Å². The number of esters is 1. The molecule has 0 aliphatic carbocycles. The van der Waals surface area contributed by atoms with E-state index in [0.717, 1.165) is 18.4 Å². The Hall–Kier alpha value is -1.97. The number of nitrogens with zero attached hydrogens (tertiary/aromatic N) is 1. The number of carbonyl (C=O) groups is 3. The third-order valence-corrected chi connectivity index (χ3v) is 8.13. The maximum Gasteiger partial charge on any atom is 0.312 e. The van der Waals surface area contributed by atoms with Gasteiger partial charge in [-0.3, -0.25) is 14.4 Å². The molecule has 3 fully saturated rings. The largest absolute Gasteiger partial charge is 0.466 e. The van der Waals surface area contributed by atoms with Crippen LogP contribution in [0.3, 0.4) is 0 Å². The van der Waals surface area contributed by atoms with Crippen molar-refractivity contribution < 1.29 is 29.0 Å². The summed E-state index contributed by atoms with van der Waals surface area (Å²) in [5.41, 5.74) is -0.201. The molecule has 3 aliphatic rings.